The lowest BCUT2D eigenvalue weighted by Gasteiger charge is -2.17. The standard InChI is InChI=1S/C16H22N2O2/c17-15-6-1-3-12(9-15)7-8-16(20)18-10-13-4-2-5-14(13)11-19/h1,3,6-9,13-14,19H,2,4-5,10-11,17H2,(H,18,20)/b8-7+. The van der Waals surface area contributed by atoms with Crippen LogP contribution in [0, 0.1) is 11.8 Å². The Balaban J connectivity index is 1.80. The molecule has 1 aromatic rings. The summed E-state index contributed by atoms with van der Waals surface area (Å²) in [5, 5.41) is 12.1. The highest BCUT2D eigenvalue weighted by Gasteiger charge is 2.26. The number of hydrogen-bond donors (Lipinski definition) is 3. The Kier molecular flexibility index (Phi) is 5.18. The molecule has 0 aromatic heterocycles. The van der Waals surface area contributed by atoms with E-state index in [0.717, 1.165) is 24.8 Å². The van der Waals surface area contributed by atoms with Crippen LogP contribution in [0.2, 0.25) is 0 Å². The summed E-state index contributed by atoms with van der Waals surface area (Å²) in [4.78, 5) is 11.8. The van der Waals surface area contributed by atoms with Crippen LogP contribution in [0.25, 0.3) is 6.08 Å². The van der Waals surface area contributed by atoms with Crippen LogP contribution in [0.15, 0.2) is 30.3 Å². The van der Waals surface area contributed by atoms with Crippen LogP contribution in [0.1, 0.15) is 24.8 Å². The summed E-state index contributed by atoms with van der Waals surface area (Å²) in [6, 6.07) is 7.39. The fraction of sp³-hybridized carbons (Fsp3) is 0.438. The van der Waals surface area contributed by atoms with E-state index < -0.39 is 0 Å². The van der Waals surface area contributed by atoms with Gasteiger partial charge in [-0.2, -0.15) is 0 Å². The van der Waals surface area contributed by atoms with Gasteiger partial charge in [-0.25, -0.2) is 0 Å². The number of nitrogens with one attached hydrogen (secondary N) is 1. The van der Waals surface area contributed by atoms with Crippen LogP contribution in [0.5, 0.6) is 0 Å². The Morgan fingerprint density at radius 3 is 2.95 bits per heavy atom. The molecular weight excluding hydrogens is 252 g/mol. The predicted molar refractivity (Wildman–Crippen MR) is 80.8 cm³/mol. The third-order valence-corrected chi connectivity index (χ3v) is 3.93. The molecule has 0 saturated heterocycles. The largest absolute Gasteiger partial charge is 0.399 e. The van der Waals surface area contributed by atoms with Gasteiger partial charge in [0.2, 0.25) is 5.91 Å². The first kappa shape index (κ1) is 14.6. The maximum atomic E-state index is 11.8. The van der Waals surface area contributed by atoms with Gasteiger partial charge in [0.15, 0.2) is 0 Å². The fourth-order valence-electron chi connectivity index (χ4n) is 2.75. The maximum absolute atomic E-state index is 11.8. The molecule has 20 heavy (non-hydrogen) atoms. The van der Waals surface area contributed by atoms with Gasteiger partial charge in [0.25, 0.3) is 0 Å². The SMILES string of the molecule is Nc1cccc(/C=C/C(=O)NCC2CCCC2CO)c1. The van der Waals surface area contributed by atoms with Gasteiger partial charge in [-0.15, -0.1) is 0 Å². The topological polar surface area (TPSA) is 75.4 Å². The van der Waals surface area contributed by atoms with Gasteiger partial charge in [0.1, 0.15) is 0 Å². The van der Waals surface area contributed by atoms with Crippen molar-refractivity contribution in [3.63, 3.8) is 0 Å². The molecule has 4 heteroatoms. The van der Waals surface area contributed by atoms with E-state index >= 15 is 0 Å². The van der Waals surface area contributed by atoms with Crippen molar-refractivity contribution >= 4 is 17.7 Å². The molecule has 0 radical (unpaired) electrons. The highest BCUT2D eigenvalue weighted by molar-refractivity contribution is 5.91. The van der Waals surface area contributed by atoms with Crippen molar-refractivity contribution in [2.24, 2.45) is 11.8 Å². The molecule has 1 aromatic carbocycles. The number of aliphatic hydroxyl groups is 1. The van der Waals surface area contributed by atoms with Gasteiger partial charge in [0.05, 0.1) is 0 Å². The average molecular weight is 274 g/mol. The van der Waals surface area contributed by atoms with Gasteiger partial charge in [-0.1, -0.05) is 18.6 Å². The molecule has 0 spiro atoms. The summed E-state index contributed by atoms with van der Waals surface area (Å²) in [5.41, 5.74) is 7.27. The van der Waals surface area contributed by atoms with E-state index in [1.54, 1.807) is 6.08 Å². The van der Waals surface area contributed by atoms with Gasteiger partial charge < -0.3 is 16.2 Å². The Labute approximate surface area is 119 Å². The van der Waals surface area contributed by atoms with E-state index in [4.69, 9.17) is 5.73 Å². The monoisotopic (exact) mass is 274 g/mol. The summed E-state index contributed by atoms with van der Waals surface area (Å²) >= 11 is 0. The van der Waals surface area contributed by atoms with E-state index in [-0.39, 0.29) is 12.5 Å². The van der Waals surface area contributed by atoms with Crippen LogP contribution in [-0.2, 0) is 4.79 Å². The molecule has 0 heterocycles. The molecule has 1 saturated carbocycles. The van der Waals surface area contributed by atoms with Gasteiger partial charge >= 0.3 is 0 Å². The summed E-state index contributed by atoms with van der Waals surface area (Å²) in [6.07, 6.45) is 6.58. The molecule has 2 atom stereocenters. The van der Waals surface area contributed by atoms with Crippen molar-refractivity contribution in [1.82, 2.24) is 5.32 Å². The minimum atomic E-state index is -0.101. The number of aliphatic hydroxyl groups excluding tert-OH is 1. The molecule has 108 valence electrons. The number of anilines is 1. The smallest absolute Gasteiger partial charge is 0.244 e. The number of nitrogens with two attached hydrogens (primary N) is 1. The molecule has 1 fully saturated rings. The quantitative estimate of drug-likeness (QED) is 0.566. The van der Waals surface area contributed by atoms with E-state index in [1.807, 2.05) is 24.3 Å². The van der Waals surface area contributed by atoms with Crippen molar-refractivity contribution < 1.29 is 9.90 Å². The molecule has 4 nitrogen and oxygen atoms in total. The molecule has 1 amide bonds. The minimum absolute atomic E-state index is 0.101. The second-order valence-corrected chi connectivity index (χ2v) is 5.38. The zero-order valence-electron chi connectivity index (χ0n) is 11.6. The van der Waals surface area contributed by atoms with Crippen molar-refractivity contribution in [1.29, 1.82) is 0 Å². The zero-order chi connectivity index (χ0) is 14.4. The van der Waals surface area contributed by atoms with Crippen LogP contribution in [-0.4, -0.2) is 24.2 Å². The summed E-state index contributed by atoms with van der Waals surface area (Å²) < 4.78 is 0. The highest BCUT2D eigenvalue weighted by atomic mass is 16.3. The van der Waals surface area contributed by atoms with Crippen LogP contribution >= 0.6 is 0 Å². The Morgan fingerprint density at radius 1 is 1.40 bits per heavy atom. The first-order valence-electron chi connectivity index (χ1n) is 7.11. The molecular formula is C16H22N2O2. The second kappa shape index (κ2) is 7.10. The molecule has 4 N–H and O–H groups in total. The number of benzene rings is 1. The molecule has 1 aliphatic rings. The summed E-state index contributed by atoms with van der Waals surface area (Å²) in [7, 11) is 0. The van der Waals surface area contributed by atoms with Crippen LogP contribution in [0.3, 0.4) is 0 Å². The van der Waals surface area contributed by atoms with Gasteiger partial charge in [0, 0.05) is 24.9 Å². The number of hydrogen-bond acceptors (Lipinski definition) is 3. The first-order valence-corrected chi connectivity index (χ1v) is 7.11. The van der Waals surface area contributed by atoms with E-state index in [2.05, 4.69) is 5.32 Å². The Hall–Kier alpha value is -1.81. The lowest BCUT2D eigenvalue weighted by Crippen LogP contribution is -2.30. The molecule has 2 unspecified atom stereocenters. The van der Waals surface area contributed by atoms with E-state index in [0.29, 0.717) is 24.1 Å². The van der Waals surface area contributed by atoms with Gasteiger partial charge in [-0.3, -0.25) is 4.79 Å². The maximum Gasteiger partial charge on any atom is 0.244 e. The Bertz CT molecular complexity index is 485. The normalized spacial score (nSPS) is 22.2. The number of nitrogen functional groups attached to an aromatic ring is 1. The molecule has 1 aliphatic carbocycles. The molecule has 2 rings (SSSR count). The third-order valence-electron chi connectivity index (χ3n) is 3.93. The number of carbonyl (C=O) groups excluding carboxylic acids is 1. The molecule has 0 aliphatic heterocycles. The minimum Gasteiger partial charge on any atom is -0.399 e. The second-order valence-electron chi connectivity index (χ2n) is 5.38. The third kappa shape index (κ3) is 4.10. The van der Waals surface area contributed by atoms with Crippen molar-refractivity contribution in [2.75, 3.05) is 18.9 Å². The highest BCUT2D eigenvalue weighted by Crippen LogP contribution is 2.30. The predicted octanol–water partition coefficient (Wildman–Crippen LogP) is 1.81. The first-order chi connectivity index (χ1) is 9.69. The van der Waals surface area contributed by atoms with Gasteiger partial charge in [-0.05, 0) is 48.4 Å². The lowest BCUT2D eigenvalue weighted by atomic mass is 9.97. The molecule has 0 bridgehead atoms. The van der Waals surface area contributed by atoms with Crippen molar-refractivity contribution in [2.45, 2.75) is 19.3 Å². The summed E-state index contributed by atoms with van der Waals surface area (Å²) in [5.74, 6) is 0.647. The number of carbonyl (C=O) groups is 1. The van der Waals surface area contributed by atoms with Crippen molar-refractivity contribution in [3.8, 4) is 0 Å². The van der Waals surface area contributed by atoms with Crippen LogP contribution in [0.4, 0.5) is 5.69 Å². The van der Waals surface area contributed by atoms with Crippen molar-refractivity contribution in [3.05, 3.63) is 35.9 Å². The lowest BCUT2D eigenvalue weighted by molar-refractivity contribution is -0.116. The summed E-state index contributed by atoms with van der Waals surface area (Å²) in [6.45, 7) is 0.866. The Morgan fingerprint density at radius 2 is 2.20 bits per heavy atom. The number of rotatable bonds is 5. The van der Waals surface area contributed by atoms with E-state index in [9.17, 15) is 9.90 Å². The fourth-order valence-corrected chi connectivity index (χ4v) is 2.75. The number of amides is 1. The average Bonchev–Trinajstić information content (AvgIpc) is 2.90. The van der Waals surface area contributed by atoms with Crippen LogP contribution < -0.4 is 11.1 Å². The van der Waals surface area contributed by atoms with E-state index in [1.165, 1.54) is 6.08 Å². The zero-order valence-corrected chi connectivity index (χ0v) is 11.6.